The fourth-order valence-corrected chi connectivity index (χ4v) is 5.57. The molecule has 3 saturated heterocycles. The summed E-state index contributed by atoms with van der Waals surface area (Å²) in [6, 6.07) is 4.17. The van der Waals surface area contributed by atoms with E-state index >= 15 is 0 Å². The molecule has 4 aliphatic rings. The van der Waals surface area contributed by atoms with Crippen molar-refractivity contribution in [1.29, 1.82) is 0 Å². The van der Waals surface area contributed by atoms with Gasteiger partial charge in [0.05, 0.1) is 24.5 Å². The summed E-state index contributed by atoms with van der Waals surface area (Å²) in [7, 11) is 0. The first-order valence-corrected chi connectivity index (χ1v) is 10.3. The van der Waals surface area contributed by atoms with E-state index in [0.717, 1.165) is 12.8 Å². The van der Waals surface area contributed by atoms with Crippen molar-refractivity contribution in [3.05, 3.63) is 28.8 Å². The SMILES string of the molecule is NC(=O)C[C@@H]1N[C@@]2(C(=O)Nc3ccc(Cl)cc32)[C@H]2C(=O)N(C[C@H]3CCCO3)C(=O)[C@@H]12. The van der Waals surface area contributed by atoms with Gasteiger partial charge >= 0.3 is 0 Å². The Hall–Kier alpha value is -2.49. The number of primary amides is 1. The summed E-state index contributed by atoms with van der Waals surface area (Å²) in [6.45, 7) is 0.742. The number of rotatable bonds is 4. The van der Waals surface area contributed by atoms with Crippen molar-refractivity contribution in [3.63, 3.8) is 0 Å². The zero-order valence-corrected chi connectivity index (χ0v) is 16.8. The summed E-state index contributed by atoms with van der Waals surface area (Å²) in [5.41, 5.74) is 4.95. The Balaban J connectivity index is 1.60. The number of likely N-dealkylation sites (tertiary alicyclic amines) is 1. The van der Waals surface area contributed by atoms with Gasteiger partial charge in [0.1, 0.15) is 5.54 Å². The molecule has 5 atom stereocenters. The third-order valence-electron chi connectivity index (χ3n) is 6.60. The molecule has 4 amide bonds. The molecule has 1 spiro atoms. The summed E-state index contributed by atoms with van der Waals surface area (Å²) in [5, 5.41) is 6.32. The number of halogens is 1. The summed E-state index contributed by atoms with van der Waals surface area (Å²) >= 11 is 6.18. The number of carbonyl (C=O) groups is 4. The van der Waals surface area contributed by atoms with Gasteiger partial charge in [-0.3, -0.25) is 29.4 Å². The molecule has 10 heteroatoms. The van der Waals surface area contributed by atoms with Crippen LogP contribution in [0.1, 0.15) is 24.8 Å². The Morgan fingerprint density at radius 1 is 1.30 bits per heavy atom. The number of hydrogen-bond acceptors (Lipinski definition) is 6. The van der Waals surface area contributed by atoms with E-state index in [1.54, 1.807) is 18.2 Å². The smallest absolute Gasteiger partial charge is 0.250 e. The summed E-state index contributed by atoms with van der Waals surface area (Å²) in [4.78, 5) is 52.9. The van der Waals surface area contributed by atoms with Gasteiger partial charge in [0.25, 0.3) is 0 Å². The number of nitrogens with one attached hydrogen (secondary N) is 2. The third kappa shape index (κ3) is 2.62. The predicted molar refractivity (Wildman–Crippen MR) is 105 cm³/mol. The van der Waals surface area contributed by atoms with Crippen LogP contribution in [0.2, 0.25) is 5.02 Å². The Bertz CT molecular complexity index is 978. The number of nitrogens with two attached hydrogens (primary N) is 1. The van der Waals surface area contributed by atoms with Crippen molar-refractivity contribution in [3.8, 4) is 0 Å². The molecule has 1 aromatic carbocycles. The van der Waals surface area contributed by atoms with Gasteiger partial charge in [-0.2, -0.15) is 0 Å². The van der Waals surface area contributed by atoms with Crippen LogP contribution in [0.25, 0.3) is 0 Å². The van der Waals surface area contributed by atoms with Crippen LogP contribution in [0.4, 0.5) is 5.69 Å². The van der Waals surface area contributed by atoms with E-state index in [-0.39, 0.29) is 19.1 Å². The summed E-state index contributed by atoms with van der Waals surface area (Å²) in [5.74, 6) is -3.77. The number of ether oxygens (including phenoxy) is 1. The number of carbonyl (C=O) groups excluding carboxylic acids is 4. The van der Waals surface area contributed by atoms with Crippen molar-refractivity contribution in [2.24, 2.45) is 17.6 Å². The zero-order valence-electron chi connectivity index (χ0n) is 16.0. The van der Waals surface area contributed by atoms with E-state index in [9.17, 15) is 19.2 Å². The summed E-state index contributed by atoms with van der Waals surface area (Å²) in [6.07, 6.45) is 1.25. The van der Waals surface area contributed by atoms with Gasteiger partial charge in [-0.25, -0.2) is 0 Å². The van der Waals surface area contributed by atoms with Crippen LogP contribution in [-0.4, -0.2) is 53.8 Å². The molecule has 0 bridgehead atoms. The maximum Gasteiger partial charge on any atom is 0.250 e. The van der Waals surface area contributed by atoms with Crippen LogP contribution in [-0.2, 0) is 29.5 Å². The van der Waals surface area contributed by atoms with E-state index < -0.39 is 47.0 Å². The molecule has 158 valence electrons. The van der Waals surface area contributed by atoms with Gasteiger partial charge in [0.2, 0.25) is 23.6 Å². The Morgan fingerprint density at radius 3 is 2.80 bits per heavy atom. The highest BCUT2D eigenvalue weighted by Gasteiger charge is 2.70. The summed E-state index contributed by atoms with van der Waals surface area (Å²) < 4.78 is 5.60. The quantitative estimate of drug-likeness (QED) is 0.579. The Morgan fingerprint density at radius 2 is 2.10 bits per heavy atom. The van der Waals surface area contributed by atoms with Gasteiger partial charge in [-0.1, -0.05) is 11.6 Å². The molecular formula is C20H21ClN4O5. The van der Waals surface area contributed by atoms with Crippen LogP contribution in [0, 0.1) is 11.8 Å². The maximum absolute atomic E-state index is 13.5. The molecule has 0 aromatic heterocycles. The lowest BCUT2D eigenvalue weighted by molar-refractivity contribution is -0.144. The van der Waals surface area contributed by atoms with E-state index in [2.05, 4.69) is 10.6 Å². The first-order chi connectivity index (χ1) is 14.3. The number of imide groups is 1. The molecule has 0 unspecified atom stereocenters. The van der Waals surface area contributed by atoms with E-state index in [1.165, 1.54) is 4.90 Å². The molecule has 0 aliphatic carbocycles. The molecule has 9 nitrogen and oxygen atoms in total. The fraction of sp³-hybridized carbons (Fsp3) is 0.500. The highest BCUT2D eigenvalue weighted by molar-refractivity contribution is 6.31. The second-order valence-corrected chi connectivity index (χ2v) is 8.74. The zero-order chi connectivity index (χ0) is 21.2. The first kappa shape index (κ1) is 19.5. The average Bonchev–Trinajstić information content (AvgIpc) is 3.42. The Labute approximate surface area is 177 Å². The lowest BCUT2D eigenvalue weighted by Crippen LogP contribution is -2.54. The monoisotopic (exact) mass is 432 g/mol. The van der Waals surface area contributed by atoms with Gasteiger partial charge < -0.3 is 15.8 Å². The standard InChI is InChI=1S/C20H21ClN4O5/c21-9-3-4-12-11(6-9)20(19(29)23-12)16-15(13(24-20)7-14(22)26)17(27)25(18(16)28)8-10-2-1-5-30-10/h3-4,6,10,13,15-16,24H,1-2,5,7-8H2,(H2,22,26)(H,23,29)/t10-,13+,15+,16-,20-/m1/s1. The topological polar surface area (TPSA) is 131 Å². The molecule has 4 aliphatic heterocycles. The lowest BCUT2D eigenvalue weighted by atomic mass is 9.76. The van der Waals surface area contributed by atoms with Crippen LogP contribution in [0.3, 0.4) is 0 Å². The van der Waals surface area contributed by atoms with Crippen LogP contribution in [0.15, 0.2) is 18.2 Å². The van der Waals surface area contributed by atoms with Crippen molar-refractivity contribution < 1.29 is 23.9 Å². The van der Waals surface area contributed by atoms with Gasteiger partial charge in [0, 0.05) is 35.3 Å². The number of amides is 4. The maximum atomic E-state index is 13.5. The predicted octanol–water partition coefficient (Wildman–Crippen LogP) is 0.115. The second kappa shape index (κ2) is 6.76. The van der Waals surface area contributed by atoms with Gasteiger partial charge in [0.15, 0.2) is 0 Å². The number of hydrogen-bond donors (Lipinski definition) is 3. The lowest BCUT2D eigenvalue weighted by Gasteiger charge is -2.30. The van der Waals surface area contributed by atoms with Crippen molar-refractivity contribution >= 4 is 40.9 Å². The van der Waals surface area contributed by atoms with Gasteiger partial charge in [-0.15, -0.1) is 0 Å². The second-order valence-electron chi connectivity index (χ2n) is 8.30. The number of fused-ring (bicyclic) bond motifs is 4. The molecule has 4 N–H and O–H groups in total. The molecule has 4 heterocycles. The normalized spacial score (nSPS) is 34.6. The molecule has 3 fully saturated rings. The molecular weight excluding hydrogens is 412 g/mol. The van der Waals surface area contributed by atoms with E-state index in [0.29, 0.717) is 22.9 Å². The van der Waals surface area contributed by atoms with Crippen LogP contribution < -0.4 is 16.4 Å². The minimum atomic E-state index is -1.48. The largest absolute Gasteiger partial charge is 0.376 e. The van der Waals surface area contributed by atoms with Crippen molar-refractivity contribution in [2.75, 3.05) is 18.5 Å². The average molecular weight is 433 g/mol. The van der Waals surface area contributed by atoms with Crippen LogP contribution in [0.5, 0.6) is 0 Å². The number of benzene rings is 1. The minimum Gasteiger partial charge on any atom is -0.376 e. The number of anilines is 1. The highest BCUT2D eigenvalue weighted by Crippen LogP contribution is 2.53. The Kier molecular flexibility index (Phi) is 4.39. The molecule has 5 rings (SSSR count). The van der Waals surface area contributed by atoms with Crippen molar-refractivity contribution in [1.82, 2.24) is 10.2 Å². The van der Waals surface area contributed by atoms with E-state index in [1.807, 2.05) is 0 Å². The van der Waals surface area contributed by atoms with Crippen LogP contribution >= 0.6 is 11.6 Å². The van der Waals surface area contributed by atoms with Crippen molar-refractivity contribution in [2.45, 2.75) is 36.9 Å². The number of nitrogens with zero attached hydrogens (tertiary/aromatic N) is 1. The molecule has 0 saturated carbocycles. The molecule has 0 radical (unpaired) electrons. The molecule has 30 heavy (non-hydrogen) atoms. The third-order valence-corrected chi connectivity index (χ3v) is 6.83. The fourth-order valence-electron chi connectivity index (χ4n) is 5.40. The van der Waals surface area contributed by atoms with E-state index in [4.69, 9.17) is 22.1 Å². The highest BCUT2D eigenvalue weighted by atomic mass is 35.5. The minimum absolute atomic E-state index is 0.147. The first-order valence-electron chi connectivity index (χ1n) is 9.97. The molecule has 1 aromatic rings. The van der Waals surface area contributed by atoms with Gasteiger partial charge in [-0.05, 0) is 31.0 Å².